The van der Waals surface area contributed by atoms with Gasteiger partial charge in [0.1, 0.15) is 11.6 Å². The molecule has 3 heterocycles. The summed E-state index contributed by atoms with van der Waals surface area (Å²) >= 11 is 0. The van der Waals surface area contributed by atoms with Crippen molar-refractivity contribution in [2.45, 2.75) is 6.42 Å². The molecule has 5 heteroatoms. The molecule has 0 aliphatic rings. The van der Waals surface area contributed by atoms with E-state index < -0.39 is 0 Å². The Kier molecular flexibility index (Phi) is 2.42. The van der Waals surface area contributed by atoms with Crippen molar-refractivity contribution in [1.82, 2.24) is 20.2 Å². The van der Waals surface area contributed by atoms with Gasteiger partial charge in [-0.1, -0.05) is 18.2 Å². The van der Waals surface area contributed by atoms with Gasteiger partial charge in [0.05, 0.1) is 12.7 Å². The van der Waals surface area contributed by atoms with Crippen LogP contribution in [0.2, 0.25) is 0 Å². The molecule has 0 aliphatic carbocycles. The number of hydrogen-bond acceptors (Lipinski definition) is 3. The highest BCUT2D eigenvalue weighted by molar-refractivity contribution is 5.93. The number of para-hydroxylation sites is 1. The molecule has 0 aliphatic heterocycles. The normalized spacial score (nSPS) is 11.2. The minimum atomic E-state index is 0.613. The van der Waals surface area contributed by atoms with Crippen molar-refractivity contribution in [3.63, 3.8) is 0 Å². The van der Waals surface area contributed by atoms with Crippen molar-refractivity contribution in [1.29, 1.82) is 0 Å². The zero-order chi connectivity index (χ0) is 13.4. The lowest BCUT2D eigenvalue weighted by molar-refractivity contribution is 0.517. The second-order valence-electron chi connectivity index (χ2n) is 4.62. The SMILES string of the molecule is c1coc(Cc2nnc(-c3c[nH]c4ccccc34)[nH]2)c1. The van der Waals surface area contributed by atoms with Crippen LogP contribution in [-0.4, -0.2) is 20.2 Å². The zero-order valence-corrected chi connectivity index (χ0v) is 10.6. The van der Waals surface area contributed by atoms with Crippen LogP contribution in [0.15, 0.2) is 53.3 Å². The highest BCUT2D eigenvalue weighted by Crippen LogP contribution is 2.25. The van der Waals surface area contributed by atoms with E-state index in [4.69, 9.17) is 4.42 Å². The Bertz CT molecular complexity index is 842. The van der Waals surface area contributed by atoms with Crippen LogP contribution in [0, 0.1) is 0 Å². The average Bonchev–Trinajstić information content (AvgIpc) is 3.18. The maximum Gasteiger partial charge on any atom is 0.163 e. The van der Waals surface area contributed by atoms with Gasteiger partial charge >= 0.3 is 0 Å². The molecule has 0 amide bonds. The van der Waals surface area contributed by atoms with Crippen LogP contribution in [0.4, 0.5) is 0 Å². The highest BCUT2D eigenvalue weighted by Gasteiger charge is 2.11. The van der Waals surface area contributed by atoms with Gasteiger partial charge in [-0.05, 0) is 18.2 Å². The predicted molar refractivity (Wildman–Crippen MR) is 75.2 cm³/mol. The summed E-state index contributed by atoms with van der Waals surface area (Å²) < 4.78 is 5.31. The molecule has 4 rings (SSSR count). The smallest absolute Gasteiger partial charge is 0.163 e. The van der Waals surface area contributed by atoms with E-state index in [0.717, 1.165) is 33.9 Å². The van der Waals surface area contributed by atoms with Crippen molar-refractivity contribution >= 4 is 10.9 Å². The lowest BCUT2D eigenvalue weighted by Crippen LogP contribution is -1.88. The molecule has 0 bridgehead atoms. The van der Waals surface area contributed by atoms with E-state index in [1.54, 1.807) is 6.26 Å². The molecule has 0 atom stereocenters. The molecule has 98 valence electrons. The number of nitrogens with zero attached hydrogens (tertiary/aromatic N) is 2. The van der Waals surface area contributed by atoms with Gasteiger partial charge in [0.25, 0.3) is 0 Å². The standard InChI is InChI=1S/C15H12N4O/c1-2-6-13-11(5-1)12(9-16-13)15-17-14(18-19-15)8-10-4-3-7-20-10/h1-7,9,16H,8H2,(H,17,18,19). The summed E-state index contributed by atoms with van der Waals surface area (Å²) in [6, 6.07) is 11.9. The van der Waals surface area contributed by atoms with Crippen LogP contribution in [0.25, 0.3) is 22.3 Å². The van der Waals surface area contributed by atoms with Crippen LogP contribution in [0.3, 0.4) is 0 Å². The zero-order valence-electron chi connectivity index (χ0n) is 10.6. The van der Waals surface area contributed by atoms with E-state index in [-0.39, 0.29) is 0 Å². The molecule has 5 nitrogen and oxygen atoms in total. The van der Waals surface area contributed by atoms with Crippen LogP contribution in [0.5, 0.6) is 0 Å². The van der Waals surface area contributed by atoms with E-state index >= 15 is 0 Å². The fourth-order valence-electron chi connectivity index (χ4n) is 2.34. The Hall–Kier alpha value is -2.82. The quantitative estimate of drug-likeness (QED) is 0.597. The van der Waals surface area contributed by atoms with Gasteiger partial charge in [-0.25, -0.2) is 0 Å². The Morgan fingerprint density at radius 3 is 2.90 bits per heavy atom. The monoisotopic (exact) mass is 264 g/mol. The Labute approximate surface area is 114 Å². The summed E-state index contributed by atoms with van der Waals surface area (Å²) in [5, 5.41) is 9.53. The molecule has 0 saturated heterocycles. The van der Waals surface area contributed by atoms with Crippen molar-refractivity contribution < 1.29 is 4.42 Å². The van der Waals surface area contributed by atoms with E-state index in [2.05, 4.69) is 26.2 Å². The van der Waals surface area contributed by atoms with Gasteiger partial charge in [0.15, 0.2) is 5.82 Å². The van der Waals surface area contributed by atoms with Crippen LogP contribution in [-0.2, 0) is 6.42 Å². The molecule has 20 heavy (non-hydrogen) atoms. The van der Waals surface area contributed by atoms with E-state index in [0.29, 0.717) is 6.42 Å². The fourth-order valence-corrected chi connectivity index (χ4v) is 2.34. The molecule has 4 aromatic rings. The Morgan fingerprint density at radius 1 is 1.05 bits per heavy atom. The summed E-state index contributed by atoms with van der Waals surface area (Å²) in [5.74, 6) is 2.43. The number of aromatic nitrogens is 4. The fraction of sp³-hybridized carbons (Fsp3) is 0.0667. The number of nitrogens with one attached hydrogen (secondary N) is 2. The predicted octanol–water partition coefficient (Wildman–Crippen LogP) is 3.14. The molecule has 3 aromatic heterocycles. The molecule has 0 fully saturated rings. The first kappa shape index (κ1) is 11.0. The van der Waals surface area contributed by atoms with Gasteiger partial charge < -0.3 is 14.4 Å². The minimum absolute atomic E-state index is 0.613. The van der Waals surface area contributed by atoms with Crippen LogP contribution >= 0.6 is 0 Å². The van der Waals surface area contributed by atoms with Crippen LogP contribution in [0.1, 0.15) is 11.6 Å². The minimum Gasteiger partial charge on any atom is -0.469 e. The van der Waals surface area contributed by atoms with Crippen molar-refractivity contribution in [3.8, 4) is 11.4 Å². The van der Waals surface area contributed by atoms with Gasteiger partial charge in [0, 0.05) is 22.7 Å². The Morgan fingerprint density at radius 2 is 2.00 bits per heavy atom. The summed E-state index contributed by atoms with van der Waals surface area (Å²) in [5.41, 5.74) is 2.12. The third kappa shape index (κ3) is 1.80. The largest absolute Gasteiger partial charge is 0.469 e. The number of H-pyrrole nitrogens is 2. The van der Waals surface area contributed by atoms with Gasteiger partial charge in [0.2, 0.25) is 0 Å². The summed E-state index contributed by atoms with van der Waals surface area (Å²) in [4.78, 5) is 6.48. The third-order valence-electron chi connectivity index (χ3n) is 3.30. The number of benzene rings is 1. The lowest BCUT2D eigenvalue weighted by atomic mass is 10.2. The third-order valence-corrected chi connectivity index (χ3v) is 3.30. The number of rotatable bonds is 3. The van der Waals surface area contributed by atoms with E-state index in [9.17, 15) is 0 Å². The molecule has 2 N–H and O–H groups in total. The van der Waals surface area contributed by atoms with Crippen molar-refractivity contribution in [3.05, 3.63) is 60.4 Å². The Balaban J connectivity index is 1.71. The number of furan rings is 1. The van der Waals surface area contributed by atoms with Gasteiger partial charge in [-0.2, -0.15) is 0 Å². The van der Waals surface area contributed by atoms with Gasteiger partial charge in [-0.15, -0.1) is 10.2 Å². The first-order chi connectivity index (χ1) is 9.90. The van der Waals surface area contributed by atoms with Crippen LogP contribution < -0.4 is 0 Å². The maximum absolute atomic E-state index is 5.31. The van der Waals surface area contributed by atoms with E-state index in [1.165, 1.54) is 0 Å². The molecule has 0 spiro atoms. The number of aromatic amines is 2. The molecule has 1 aromatic carbocycles. The first-order valence-corrected chi connectivity index (χ1v) is 6.40. The van der Waals surface area contributed by atoms with Gasteiger partial charge in [-0.3, -0.25) is 0 Å². The highest BCUT2D eigenvalue weighted by atomic mass is 16.3. The second kappa shape index (κ2) is 4.38. The number of fused-ring (bicyclic) bond motifs is 1. The van der Waals surface area contributed by atoms with E-state index in [1.807, 2.05) is 36.5 Å². The second-order valence-corrected chi connectivity index (χ2v) is 4.62. The average molecular weight is 264 g/mol. The topological polar surface area (TPSA) is 70.5 Å². The number of hydrogen-bond donors (Lipinski definition) is 2. The van der Waals surface area contributed by atoms with Crippen molar-refractivity contribution in [2.75, 3.05) is 0 Å². The molecule has 0 saturated carbocycles. The van der Waals surface area contributed by atoms with Crippen molar-refractivity contribution in [2.24, 2.45) is 0 Å². The molecular formula is C15H12N4O. The first-order valence-electron chi connectivity index (χ1n) is 6.40. The summed E-state index contributed by atoms with van der Waals surface area (Å²) in [6.07, 6.45) is 4.22. The summed E-state index contributed by atoms with van der Waals surface area (Å²) in [7, 11) is 0. The lowest BCUT2D eigenvalue weighted by Gasteiger charge is -1.93. The maximum atomic E-state index is 5.31. The molecular weight excluding hydrogens is 252 g/mol. The molecule has 0 radical (unpaired) electrons. The summed E-state index contributed by atoms with van der Waals surface area (Å²) in [6.45, 7) is 0. The molecule has 0 unspecified atom stereocenters.